The van der Waals surface area contributed by atoms with Gasteiger partial charge in [-0.1, -0.05) is 6.08 Å². The molecule has 0 spiro atoms. The second kappa shape index (κ2) is 3.43. The van der Waals surface area contributed by atoms with Crippen LogP contribution in [0.2, 0.25) is 0 Å². The average molecular weight is 207 g/mol. The largest absolute Gasteiger partial charge is 0.416 e. The lowest BCUT2D eigenvalue weighted by Crippen LogP contribution is -2.18. The van der Waals surface area contributed by atoms with E-state index in [1.165, 1.54) is 0 Å². The lowest BCUT2D eigenvalue weighted by Gasteiger charge is -2.16. The Hall–Kier alpha value is -1.33. The summed E-state index contributed by atoms with van der Waals surface area (Å²) in [5, 5.41) is 10.4. The zero-order valence-electron chi connectivity index (χ0n) is 7.39. The Morgan fingerprint density at radius 3 is 2.50 bits per heavy atom. The molecule has 1 aliphatic rings. The molecule has 0 heterocycles. The van der Waals surface area contributed by atoms with Gasteiger partial charge in [0.2, 0.25) is 5.70 Å². The van der Waals surface area contributed by atoms with Gasteiger partial charge in [0, 0.05) is 12.0 Å². The Bertz CT molecular complexity index is 328. The van der Waals surface area contributed by atoms with E-state index in [4.69, 9.17) is 0 Å². The van der Waals surface area contributed by atoms with Crippen molar-refractivity contribution < 1.29 is 18.1 Å². The second-order valence-corrected chi connectivity index (χ2v) is 2.98. The number of allylic oxidation sites excluding steroid dienone is 4. The van der Waals surface area contributed by atoms with Gasteiger partial charge < -0.3 is 0 Å². The van der Waals surface area contributed by atoms with Crippen LogP contribution in [-0.2, 0) is 0 Å². The molecule has 0 amide bonds. The van der Waals surface area contributed by atoms with Gasteiger partial charge in [0.05, 0.1) is 10.5 Å². The first-order valence-electron chi connectivity index (χ1n) is 3.96. The van der Waals surface area contributed by atoms with Crippen molar-refractivity contribution in [2.75, 3.05) is 0 Å². The van der Waals surface area contributed by atoms with Gasteiger partial charge in [0.15, 0.2) is 0 Å². The molecule has 0 aromatic heterocycles. The summed E-state index contributed by atoms with van der Waals surface area (Å²) in [6, 6.07) is 0. The maximum absolute atomic E-state index is 12.3. The van der Waals surface area contributed by atoms with E-state index in [9.17, 15) is 23.3 Å². The van der Waals surface area contributed by atoms with E-state index in [1.54, 1.807) is 0 Å². The van der Waals surface area contributed by atoms with E-state index in [2.05, 4.69) is 0 Å². The van der Waals surface area contributed by atoms with Crippen molar-refractivity contribution in [3.63, 3.8) is 0 Å². The molecule has 0 saturated heterocycles. The highest BCUT2D eigenvalue weighted by molar-refractivity contribution is 5.37. The molecule has 14 heavy (non-hydrogen) atoms. The van der Waals surface area contributed by atoms with Crippen molar-refractivity contribution in [2.45, 2.75) is 25.9 Å². The van der Waals surface area contributed by atoms with E-state index in [1.807, 2.05) is 0 Å². The average Bonchev–Trinajstić information content (AvgIpc) is 2.01. The van der Waals surface area contributed by atoms with Crippen LogP contribution in [-0.4, -0.2) is 11.1 Å². The number of nitro groups is 1. The summed E-state index contributed by atoms with van der Waals surface area (Å²) in [4.78, 5) is 9.65. The number of halogens is 3. The molecule has 6 heteroatoms. The van der Waals surface area contributed by atoms with E-state index >= 15 is 0 Å². The van der Waals surface area contributed by atoms with Gasteiger partial charge >= 0.3 is 6.18 Å². The number of hydrogen-bond acceptors (Lipinski definition) is 2. The third-order valence-corrected chi connectivity index (χ3v) is 2.09. The van der Waals surface area contributed by atoms with Crippen LogP contribution in [0.25, 0.3) is 0 Å². The normalized spacial score (nSPS) is 18.1. The minimum atomic E-state index is -4.49. The summed E-state index contributed by atoms with van der Waals surface area (Å²) in [7, 11) is 0. The van der Waals surface area contributed by atoms with Crippen molar-refractivity contribution in [3.05, 3.63) is 33.0 Å². The summed E-state index contributed by atoms with van der Waals surface area (Å²) in [5.41, 5.74) is -1.48. The molecule has 0 saturated carbocycles. The highest BCUT2D eigenvalue weighted by Gasteiger charge is 2.38. The molecule has 78 valence electrons. The highest BCUT2D eigenvalue weighted by atomic mass is 19.4. The summed E-state index contributed by atoms with van der Waals surface area (Å²) in [6.07, 6.45) is -3.35. The van der Waals surface area contributed by atoms with Gasteiger partial charge in [-0.3, -0.25) is 10.1 Å². The first-order chi connectivity index (χ1) is 6.34. The molecule has 0 aromatic rings. The molecule has 0 fully saturated rings. The van der Waals surface area contributed by atoms with Crippen LogP contribution in [0, 0.1) is 10.1 Å². The predicted octanol–water partition coefficient (Wildman–Crippen LogP) is 2.82. The van der Waals surface area contributed by atoms with Gasteiger partial charge in [-0.2, -0.15) is 13.2 Å². The Balaban J connectivity index is 3.13. The molecule has 0 atom stereocenters. The van der Waals surface area contributed by atoms with Crippen LogP contribution < -0.4 is 0 Å². The number of hydrogen-bond donors (Lipinski definition) is 0. The first-order valence-corrected chi connectivity index (χ1v) is 3.96. The lowest BCUT2D eigenvalue weighted by atomic mass is 9.96. The van der Waals surface area contributed by atoms with Crippen molar-refractivity contribution in [1.82, 2.24) is 0 Å². The van der Waals surface area contributed by atoms with Gasteiger partial charge in [-0.15, -0.1) is 0 Å². The molecule has 0 N–H and O–H groups in total. The minimum absolute atomic E-state index is 0.0679. The number of nitrogens with zero attached hydrogens (tertiary/aromatic N) is 1. The number of rotatable bonds is 1. The number of alkyl halides is 3. The first kappa shape index (κ1) is 10.7. The van der Waals surface area contributed by atoms with Crippen LogP contribution in [0.1, 0.15) is 19.8 Å². The third kappa shape index (κ3) is 1.94. The Labute approximate surface area is 78.1 Å². The van der Waals surface area contributed by atoms with Crippen LogP contribution >= 0.6 is 0 Å². The van der Waals surface area contributed by atoms with E-state index < -0.39 is 16.7 Å². The molecule has 0 aromatic carbocycles. The third-order valence-electron chi connectivity index (χ3n) is 2.09. The summed E-state index contributed by atoms with van der Waals surface area (Å²) in [6.45, 7) is 1.14. The van der Waals surface area contributed by atoms with Gasteiger partial charge in [-0.05, 0) is 13.3 Å². The monoisotopic (exact) mass is 207 g/mol. The molecule has 0 unspecified atom stereocenters. The van der Waals surface area contributed by atoms with Gasteiger partial charge in [0.1, 0.15) is 0 Å². The zero-order valence-corrected chi connectivity index (χ0v) is 7.39. The van der Waals surface area contributed by atoms with Crippen molar-refractivity contribution in [1.29, 1.82) is 0 Å². The van der Waals surface area contributed by atoms with E-state index in [-0.39, 0.29) is 24.1 Å². The molecule has 3 nitrogen and oxygen atoms in total. The van der Waals surface area contributed by atoms with Crippen molar-refractivity contribution >= 4 is 0 Å². The fourth-order valence-electron chi connectivity index (χ4n) is 1.41. The fourth-order valence-corrected chi connectivity index (χ4v) is 1.41. The second-order valence-electron chi connectivity index (χ2n) is 2.98. The summed E-state index contributed by atoms with van der Waals surface area (Å²) >= 11 is 0. The zero-order chi connectivity index (χ0) is 10.9. The molecule has 1 rings (SSSR count). The standard InChI is InChI=1S/C8H8F3NO2/c1-5-6(8(9,10)11)3-2-4-7(5)12(13)14/h3H,2,4H2,1H3. The minimum Gasteiger partial charge on any atom is -0.259 e. The fraction of sp³-hybridized carbons (Fsp3) is 0.500. The maximum atomic E-state index is 12.3. The summed E-state index contributed by atoms with van der Waals surface area (Å²) < 4.78 is 36.9. The Morgan fingerprint density at radius 1 is 1.50 bits per heavy atom. The molecule has 0 bridgehead atoms. The van der Waals surface area contributed by atoms with Crippen molar-refractivity contribution in [2.24, 2.45) is 0 Å². The van der Waals surface area contributed by atoms with Crippen LogP contribution in [0.3, 0.4) is 0 Å². The molecular weight excluding hydrogens is 199 g/mol. The lowest BCUT2D eigenvalue weighted by molar-refractivity contribution is -0.429. The van der Waals surface area contributed by atoms with Gasteiger partial charge in [-0.25, -0.2) is 0 Å². The van der Waals surface area contributed by atoms with Crippen molar-refractivity contribution in [3.8, 4) is 0 Å². The Kier molecular flexibility index (Phi) is 2.64. The SMILES string of the molecule is CC1=C([N+](=O)[O-])CCC=C1C(F)(F)F. The smallest absolute Gasteiger partial charge is 0.259 e. The molecule has 0 aliphatic heterocycles. The maximum Gasteiger partial charge on any atom is 0.416 e. The predicted molar refractivity (Wildman–Crippen MR) is 43.1 cm³/mol. The van der Waals surface area contributed by atoms with E-state index in [0.717, 1.165) is 13.0 Å². The quantitative estimate of drug-likeness (QED) is 0.490. The van der Waals surface area contributed by atoms with Crippen LogP contribution in [0.5, 0.6) is 0 Å². The van der Waals surface area contributed by atoms with Gasteiger partial charge in [0.25, 0.3) is 0 Å². The molecule has 1 aliphatic carbocycles. The van der Waals surface area contributed by atoms with Crippen LogP contribution in [0.4, 0.5) is 13.2 Å². The topological polar surface area (TPSA) is 43.1 Å². The molecule has 0 radical (unpaired) electrons. The Morgan fingerprint density at radius 2 is 2.07 bits per heavy atom. The van der Waals surface area contributed by atoms with E-state index in [0.29, 0.717) is 0 Å². The van der Waals surface area contributed by atoms with Crippen LogP contribution in [0.15, 0.2) is 22.9 Å². The highest BCUT2D eigenvalue weighted by Crippen LogP contribution is 2.36. The summed E-state index contributed by atoms with van der Waals surface area (Å²) in [5.74, 6) is 0. The molecular formula is C8H8F3NO2.